The molecule has 3 heteroatoms. The number of pyridine rings is 1. The minimum atomic E-state index is -0.803. The Hall–Kier alpha value is -1.43. The number of rotatable bonds is 0. The molecule has 10 heavy (non-hydrogen) atoms. The van der Waals surface area contributed by atoms with Crippen LogP contribution in [0.1, 0.15) is 5.69 Å². The van der Waals surface area contributed by atoms with Crippen molar-refractivity contribution in [2.45, 2.75) is 0 Å². The zero-order valence-electron chi connectivity index (χ0n) is 4.94. The first kappa shape index (κ1) is 6.69. The van der Waals surface area contributed by atoms with Gasteiger partial charge < -0.3 is 0 Å². The standard InChI is InChI=1S/C7H3F2N/c1-2-7-6(9)3-5(8)4-10-7/h1,3-4H. The maximum Gasteiger partial charge on any atom is 0.160 e. The fourth-order valence-electron chi connectivity index (χ4n) is 0.521. The Morgan fingerprint density at radius 2 is 2.20 bits per heavy atom. The molecule has 0 bridgehead atoms. The van der Waals surface area contributed by atoms with E-state index in [1.807, 2.05) is 5.92 Å². The second kappa shape index (κ2) is 2.44. The highest BCUT2D eigenvalue weighted by Crippen LogP contribution is 2.03. The fourth-order valence-corrected chi connectivity index (χ4v) is 0.521. The first-order chi connectivity index (χ1) is 4.74. The summed E-state index contributed by atoms with van der Waals surface area (Å²) >= 11 is 0. The highest BCUT2D eigenvalue weighted by atomic mass is 19.1. The molecule has 0 atom stereocenters. The topological polar surface area (TPSA) is 12.9 Å². The van der Waals surface area contributed by atoms with Gasteiger partial charge in [-0.05, 0) is 5.92 Å². The van der Waals surface area contributed by atoms with Crippen LogP contribution in [0.5, 0.6) is 0 Å². The molecular formula is C7H3F2N. The van der Waals surface area contributed by atoms with E-state index < -0.39 is 11.6 Å². The quantitative estimate of drug-likeness (QED) is 0.494. The average Bonchev–Trinajstić information content (AvgIpc) is 1.88. The third kappa shape index (κ3) is 1.11. The van der Waals surface area contributed by atoms with Crippen molar-refractivity contribution in [3.05, 3.63) is 29.6 Å². The van der Waals surface area contributed by atoms with Crippen molar-refractivity contribution in [1.29, 1.82) is 0 Å². The van der Waals surface area contributed by atoms with Gasteiger partial charge in [-0.15, -0.1) is 6.42 Å². The summed E-state index contributed by atoms with van der Waals surface area (Å²) in [6, 6.07) is 0.697. The van der Waals surface area contributed by atoms with Gasteiger partial charge in [0.15, 0.2) is 5.82 Å². The van der Waals surface area contributed by atoms with E-state index in [9.17, 15) is 8.78 Å². The van der Waals surface area contributed by atoms with Gasteiger partial charge in [0, 0.05) is 6.07 Å². The van der Waals surface area contributed by atoms with E-state index in [-0.39, 0.29) is 5.69 Å². The molecule has 1 nitrogen and oxygen atoms in total. The van der Waals surface area contributed by atoms with Crippen molar-refractivity contribution >= 4 is 0 Å². The van der Waals surface area contributed by atoms with E-state index in [2.05, 4.69) is 4.98 Å². The van der Waals surface area contributed by atoms with Crippen molar-refractivity contribution in [3.8, 4) is 12.3 Å². The Morgan fingerprint density at radius 1 is 1.50 bits per heavy atom. The molecule has 1 aromatic heterocycles. The molecule has 0 N–H and O–H groups in total. The summed E-state index contributed by atoms with van der Waals surface area (Å²) in [4.78, 5) is 3.31. The third-order valence-corrected chi connectivity index (χ3v) is 0.945. The lowest BCUT2D eigenvalue weighted by atomic mass is 10.3. The molecule has 0 aromatic carbocycles. The van der Waals surface area contributed by atoms with Crippen molar-refractivity contribution in [2.75, 3.05) is 0 Å². The molecule has 1 heterocycles. The number of aromatic nitrogens is 1. The third-order valence-electron chi connectivity index (χ3n) is 0.945. The van der Waals surface area contributed by atoms with E-state index >= 15 is 0 Å². The maximum atomic E-state index is 12.4. The second-order valence-corrected chi connectivity index (χ2v) is 1.63. The van der Waals surface area contributed by atoms with Gasteiger partial charge in [0.2, 0.25) is 0 Å². The number of nitrogens with zero attached hydrogens (tertiary/aromatic N) is 1. The van der Waals surface area contributed by atoms with Crippen LogP contribution in [0.15, 0.2) is 12.3 Å². The lowest BCUT2D eigenvalue weighted by molar-refractivity contribution is 0.570. The van der Waals surface area contributed by atoms with Gasteiger partial charge in [0.25, 0.3) is 0 Å². The van der Waals surface area contributed by atoms with Crippen molar-refractivity contribution in [3.63, 3.8) is 0 Å². The van der Waals surface area contributed by atoms with Gasteiger partial charge in [0.05, 0.1) is 6.20 Å². The highest BCUT2D eigenvalue weighted by Gasteiger charge is 2.00. The van der Waals surface area contributed by atoms with E-state index in [1.165, 1.54) is 0 Å². The summed E-state index contributed by atoms with van der Waals surface area (Å²) in [7, 11) is 0. The Balaban J connectivity index is 3.23. The Bertz CT molecular complexity index is 288. The molecule has 0 aliphatic heterocycles. The summed E-state index contributed by atoms with van der Waals surface area (Å²) in [6.45, 7) is 0. The number of halogens is 2. The molecule has 0 saturated heterocycles. The van der Waals surface area contributed by atoms with Crippen LogP contribution < -0.4 is 0 Å². The predicted octanol–water partition coefficient (Wildman–Crippen LogP) is 1.34. The average molecular weight is 139 g/mol. The molecule has 0 aliphatic carbocycles. The summed E-state index contributed by atoms with van der Waals surface area (Å²) < 4.78 is 24.5. The lowest BCUT2D eigenvalue weighted by Gasteiger charge is -1.90. The first-order valence-electron chi connectivity index (χ1n) is 2.51. The molecule has 0 aliphatic rings. The highest BCUT2D eigenvalue weighted by molar-refractivity contribution is 5.25. The molecule has 0 radical (unpaired) electrons. The van der Waals surface area contributed by atoms with Gasteiger partial charge in [-0.25, -0.2) is 13.8 Å². The zero-order valence-corrected chi connectivity index (χ0v) is 4.94. The van der Waals surface area contributed by atoms with Crippen LogP contribution in [0, 0.1) is 24.0 Å². The van der Waals surface area contributed by atoms with E-state index in [0.717, 1.165) is 6.20 Å². The Kier molecular flexibility index (Phi) is 1.63. The minimum absolute atomic E-state index is 0.165. The number of hydrogen-bond acceptors (Lipinski definition) is 1. The van der Waals surface area contributed by atoms with Crippen LogP contribution in [-0.4, -0.2) is 4.98 Å². The largest absolute Gasteiger partial charge is 0.242 e. The number of terminal acetylenes is 1. The summed E-state index contributed by atoms with van der Waals surface area (Å²) in [6.07, 6.45) is 5.70. The summed E-state index contributed by atoms with van der Waals surface area (Å²) in [5.41, 5.74) is -0.165. The summed E-state index contributed by atoms with van der Waals surface area (Å²) in [5.74, 6) is 0.441. The van der Waals surface area contributed by atoms with Gasteiger partial charge >= 0.3 is 0 Å². The van der Waals surface area contributed by atoms with Crippen LogP contribution in [0.25, 0.3) is 0 Å². The maximum absolute atomic E-state index is 12.4. The zero-order chi connectivity index (χ0) is 7.56. The molecule has 50 valence electrons. The van der Waals surface area contributed by atoms with Gasteiger partial charge in [0.1, 0.15) is 11.5 Å². The van der Waals surface area contributed by atoms with Crippen LogP contribution in [-0.2, 0) is 0 Å². The molecule has 0 spiro atoms. The van der Waals surface area contributed by atoms with E-state index in [1.54, 1.807) is 0 Å². The van der Waals surface area contributed by atoms with Gasteiger partial charge in [-0.3, -0.25) is 0 Å². The summed E-state index contributed by atoms with van der Waals surface area (Å²) in [5, 5.41) is 0. The molecule has 0 unspecified atom stereocenters. The van der Waals surface area contributed by atoms with Crippen LogP contribution in [0.2, 0.25) is 0 Å². The van der Waals surface area contributed by atoms with Crippen molar-refractivity contribution in [1.82, 2.24) is 4.98 Å². The smallest absolute Gasteiger partial charge is 0.160 e. The van der Waals surface area contributed by atoms with Crippen molar-refractivity contribution in [2.24, 2.45) is 0 Å². The first-order valence-corrected chi connectivity index (χ1v) is 2.51. The lowest BCUT2D eigenvalue weighted by Crippen LogP contribution is -1.89. The second-order valence-electron chi connectivity index (χ2n) is 1.63. The minimum Gasteiger partial charge on any atom is -0.242 e. The van der Waals surface area contributed by atoms with E-state index in [4.69, 9.17) is 6.42 Å². The van der Waals surface area contributed by atoms with Crippen molar-refractivity contribution < 1.29 is 8.78 Å². The van der Waals surface area contributed by atoms with Gasteiger partial charge in [-0.2, -0.15) is 0 Å². The van der Waals surface area contributed by atoms with Crippen LogP contribution in [0.4, 0.5) is 8.78 Å². The molecule has 0 saturated carbocycles. The SMILES string of the molecule is C#Cc1ncc(F)cc1F. The molecule has 1 aromatic rings. The van der Waals surface area contributed by atoms with Crippen LogP contribution >= 0.6 is 0 Å². The monoisotopic (exact) mass is 139 g/mol. The Morgan fingerprint density at radius 3 is 2.70 bits per heavy atom. The van der Waals surface area contributed by atoms with E-state index in [0.29, 0.717) is 6.07 Å². The normalized spacial score (nSPS) is 8.90. The molecule has 0 fully saturated rings. The molecule has 1 rings (SSSR count). The number of hydrogen-bond donors (Lipinski definition) is 0. The van der Waals surface area contributed by atoms with Crippen LogP contribution in [0.3, 0.4) is 0 Å². The fraction of sp³-hybridized carbons (Fsp3) is 0. The molecule has 0 amide bonds. The molecular weight excluding hydrogens is 136 g/mol. The van der Waals surface area contributed by atoms with Gasteiger partial charge in [-0.1, -0.05) is 0 Å². The predicted molar refractivity (Wildman–Crippen MR) is 32.1 cm³/mol. The Labute approximate surface area is 56.7 Å².